The molecule has 94 valence electrons. The summed E-state index contributed by atoms with van der Waals surface area (Å²) in [6.45, 7) is 0.840. The van der Waals surface area contributed by atoms with E-state index >= 15 is 0 Å². The Labute approximate surface area is 105 Å². The summed E-state index contributed by atoms with van der Waals surface area (Å²) in [6.07, 6.45) is 4.03. The number of ether oxygens (including phenoxy) is 1. The molecule has 0 saturated carbocycles. The van der Waals surface area contributed by atoms with Crippen molar-refractivity contribution in [3.63, 3.8) is 0 Å². The molecule has 2 rings (SSSR count). The van der Waals surface area contributed by atoms with E-state index in [0.717, 1.165) is 18.8 Å². The number of nitrogens with zero attached hydrogens (tertiary/aromatic N) is 2. The number of likely N-dealkylation sites (N-methyl/N-ethyl adjacent to an activating group) is 1. The number of phenolic OH excluding ortho intramolecular Hbond substituents is 1. The van der Waals surface area contributed by atoms with Crippen molar-refractivity contribution in [1.29, 1.82) is 0 Å². The number of nitrogens with one attached hydrogen (secondary N) is 1. The lowest BCUT2D eigenvalue weighted by Crippen LogP contribution is -2.12. The van der Waals surface area contributed by atoms with Gasteiger partial charge in [0.2, 0.25) is 0 Å². The van der Waals surface area contributed by atoms with E-state index in [-0.39, 0.29) is 5.75 Å². The summed E-state index contributed by atoms with van der Waals surface area (Å²) in [5.41, 5.74) is 0. The molecule has 0 spiro atoms. The zero-order valence-electron chi connectivity index (χ0n) is 10.1. The molecule has 2 N–H and O–H groups in total. The summed E-state index contributed by atoms with van der Waals surface area (Å²) in [5, 5.41) is 12.4. The zero-order chi connectivity index (χ0) is 12.8. The molecule has 0 saturated heterocycles. The van der Waals surface area contributed by atoms with Crippen molar-refractivity contribution >= 4 is 0 Å². The Balaban J connectivity index is 2.02. The van der Waals surface area contributed by atoms with Gasteiger partial charge in [0.1, 0.15) is 17.3 Å². The van der Waals surface area contributed by atoms with Crippen LogP contribution >= 0.6 is 0 Å². The highest BCUT2D eigenvalue weighted by molar-refractivity contribution is 5.34. The van der Waals surface area contributed by atoms with Crippen LogP contribution in [0.2, 0.25) is 0 Å². The van der Waals surface area contributed by atoms with Gasteiger partial charge in [-0.2, -0.15) is 0 Å². The standard InChI is InChI=1S/C13H15N3O2/c1-14-6-5-13-15-8-12(9-16-13)18-11-4-2-3-10(17)7-11/h2-4,7-9,14,17H,5-6H2,1H3. The van der Waals surface area contributed by atoms with Crippen molar-refractivity contribution in [3.8, 4) is 17.2 Å². The molecule has 5 nitrogen and oxygen atoms in total. The minimum Gasteiger partial charge on any atom is -0.508 e. The fourth-order valence-electron chi connectivity index (χ4n) is 1.44. The van der Waals surface area contributed by atoms with Gasteiger partial charge in [-0.1, -0.05) is 6.07 Å². The predicted molar refractivity (Wildman–Crippen MR) is 67.8 cm³/mol. The van der Waals surface area contributed by atoms with Gasteiger partial charge in [0.05, 0.1) is 12.4 Å². The third kappa shape index (κ3) is 3.43. The number of aromatic nitrogens is 2. The predicted octanol–water partition coefficient (Wildman–Crippen LogP) is 1.74. The first-order chi connectivity index (χ1) is 8.78. The SMILES string of the molecule is CNCCc1ncc(Oc2cccc(O)c2)cn1. The average molecular weight is 245 g/mol. The number of rotatable bonds is 5. The van der Waals surface area contributed by atoms with Crippen molar-refractivity contribution in [2.24, 2.45) is 0 Å². The molecule has 1 heterocycles. The van der Waals surface area contributed by atoms with Gasteiger partial charge >= 0.3 is 0 Å². The molecule has 18 heavy (non-hydrogen) atoms. The number of benzene rings is 1. The van der Waals surface area contributed by atoms with E-state index in [1.807, 2.05) is 7.05 Å². The third-order valence-corrected chi connectivity index (χ3v) is 2.33. The number of aromatic hydroxyl groups is 1. The molecule has 0 fully saturated rings. The highest BCUT2D eigenvalue weighted by atomic mass is 16.5. The largest absolute Gasteiger partial charge is 0.508 e. The molecule has 5 heteroatoms. The van der Waals surface area contributed by atoms with Crippen LogP contribution in [-0.4, -0.2) is 28.7 Å². The van der Waals surface area contributed by atoms with Gasteiger partial charge in [-0.25, -0.2) is 9.97 Å². The fourth-order valence-corrected chi connectivity index (χ4v) is 1.44. The molecule has 2 aromatic rings. The molecule has 0 atom stereocenters. The van der Waals surface area contributed by atoms with Gasteiger partial charge in [0.25, 0.3) is 0 Å². The number of hydrogen-bond donors (Lipinski definition) is 2. The Hall–Kier alpha value is -2.14. The smallest absolute Gasteiger partial charge is 0.164 e. The second-order valence-corrected chi connectivity index (χ2v) is 3.79. The van der Waals surface area contributed by atoms with E-state index in [0.29, 0.717) is 11.5 Å². The van der Waals surface area contributed by atoms with Crippen molar-refractivity contribution in [2.75, 3.05) is 13.6 Å². The maximum absolute atomic E-state index is 9.31. The second kappa shape index (κ2) is 5.97. The monoisotopic (exact) mass is 245 g/mol. The van der Waals surface area contributed by atoms with E-state index in [1.54, 1.807) is 30.6 Å². The fraction of sp³-hybridized carbons (Fsp3) is 0.231. The highest BCUT2D eigenvalue weighted by Gasteiger charge is 2.01. The third-order valence-electron chi connectivity index (χ3n) is 2.33. The molecule has 0 radical (unpaired) electrons. The van der Waals surface area contributed by atoms with Crippen LogP contribution in [0.3, 0.4) is 0 Å². The lowest BCUT2D eigenvalue weighted by Gasteiger charge is -2.05. The molecule has 0 amide bonds. The van der Waals surface area contributed by atoms with Crippen molar-refractivity contribution < 1.29 is 9.84 Å². The minimum absolute atomic E-state index is 0.166. The summed E-state index contributed by atoms with van der Waals surface area (Å²) >= 11 is 0. The van der Waals surface area contributed by atoms with Crippen LogP contribution in [0.4, 0.5) is 0 Å². The number of hydrogen-bond acceptors (Lipinski definition) is 5. The molecule has 1 aromatic carbocycles. The van der Waals surface area contributed by atoms with E-state index in [2.05, 4.69) is 15.3 Å². The first-order valence-electron chi connectivity index (χ1n) is 5.70. The summed E-state index contributed by atoms with van der Waals surface area (Å²) in [7, 11) is 1.89. The molecule has 0 bridgehead atoms. The average Bonchev–Trinajstić information content (AvgIpc) is 2.38. The molecule has 1 aromatic heterocycles. The lowest BCUT2D eigenvalue weighted by atomic mass is 10.3. The van der Waals surface area contributed by atoms with Crippen LogP contribution in [0.1, 0.15) is 5.82 Å². The molecular weight excluding hydrogens is 230 g/mol. The van der Waals surface area contributed by atoms with Gasteiger partial charge in [-0.3, -0.25) is 0 Å². The van der Waals surface area contributed by atoms with Gasteiger partial charge in [0.15, 0.2) is 5.75 Å². The van der Waals surface area contributed by atoms with E-state index in [9.17, 15) is 5.11 Å². The van der Waals surface area contributed by atoms with Crippen LogP contribution in [0.5, 0.6) is 17.2 Å². The van der Waals surface area contributed by atoms with Crippen LogP contribution in [0.25, 0.3) is 0 Å². The number of phenols is 1. The maximum atomic E-state index is 9.31. The Kier molecular flexibility index (Phi) is 4.09. The quantitative estimate of drug-likeness (QED) is 0.839. The van der Waals surface area contributed by atoms with E-state index in [1.165, 1.54) is 6.07 Å². The second-order valence-electron chi connectivity index (χ2n) is 3.79. The summed E-state index contributed by atoms with van der Waals surface area (Å²) in [5.74, 6) is 2.04. The van der Waals surface area contributed by atoms with Gasteiger partial charge in [0, 0.05) is 19.0 Å². The van der Waals surface area contributed by atoms with Gasteiger partial charge in [-0.15, -0.1) is 0 Å². The molecular formula is C13H15N3O2. The topological polar surface area (TPSA) is 67.3 Å². The first-order valence-corrected chi connectivity index (χ1v) is 5.70. The van der Waals surface area contributed by atoms with E-state index < -0.39 is 0 Å². The molecule has 0 aliphatic rings. The van der Waals surface area contributed by atoms with Gasteiger partial charge in [-0.05, 0) is 19.2 Å². The van der Waals surface area contributed by atoms with Crippen molar-refractivity contribution in [3.05, 3.63) is 42.5 Å². The Morgan fingerprint density at radius 1 is 1.22 bits per heavy atom. The first kappa shape index (κ1) is 12.3. The van der Waals surface area contributed by atoms with Gasteiger partial charge < -0.3 is 15.2 Å². The summed E-state index contributed by atoms with van der Waals surface area (Å²) in [4.78, 5) is 8.39. The zero-order valence-corrected chi connectivity index (χ0v) is 10.1. The Bertz CT molecular complexity index is 500. The molecule has 0 aliphatic heterocycles. The van der Waals surface area contributed by atoms with Crippen molar-refractivity contribution in [1.82, 2.24) is 15.3 Å². The Morgan fingerprint density at radius 3 is 2.67 bits per heavy atom. The lowest BCUT2D eigenvalue weighted by molar-refractivity contribution is 0.452. The van der Waals surface area contributed by atoms with Crippen LogP contribution < -0.4 is 10.1 Å². The van der Waals surface area contributed by atoms with Crippen molar-refractivity contribution in [2.45, 2.75) is 6.42 Å². The van der Waals surface area contributed by atoms with Crippen LogP contribution in [0.15, 0.2) is 36.7 Å². The molecule has 0 aliphatic carbocycles. The highest BCUT2D eigenvalue weighted by Crippen LogP contribution is 2.23. The summed E-state index contributed by atoms with van der Waals surface area (Å²) < 4.78 is 5.52. The maximum Gasteiger partial charge on any atom is 0.164 e. The Morgan fingerprint density at radius 2 is 2.00 bits per heavy atom. The summed E-state index contributed by atoms with van der Waals surface area (Å²) in [6, 6.07) is 6.60. The normalized spacial score (nSPS) is 10.3. The molecule has 0 unspecified atom stereocenters. The minimum atomic E-state index is 0.166. The van der Waals surface area contributed by atoms with Crippen LogP contribution in [-0.2, 0) is 6.42 Å². The van der Waals surface area contributed by atoms with Crippen LogP contribution in [0, 0.1) is 0 Å². The van der Waals surface area contributed by atoms with E-state index in [4.69, 9.17) is 4.74 Å².